The summed E-state index contributed by atoms with van der Waals surface area (Å²) in [4.78, 5) is 30.2. The molecule has 0 bridgehead atoms. The van der Waals surface area contributed by atoms with Crippen LogP contribution in [0.15, 0.2) is 61.2 Å². The van der Waals surface area contributed by atoms with Crippen LogP contribution in [0.1, 0.15) is 34.3 Å². The fourth-order valence-electron chi connectivity index (χ4n) is 3.31. The van der Waals surface area contributed by atoms with Crippen LogP contribution in [0.3, 0.4) is 0 Å². The topological polar surface area (TPSA) is 80.1 Å². The number of benzene rings is 1. The second kappa shape index (κ2) is 9.05. The first-order valence-corrected chi connectivity index (χ1v) is 9.83. The van der Waals surface area contributed by atoms with Gasteiger partial charge >= 0.3 is 0 Å². The molecular formula is C23H21N5O2. The first-order valence-electron chi connectivity index (χ1n) is 9.83. The fourth-order valence-corrected chi connectivity index (χ4v) is 3.31. The predicted octanol–water partition coefficient (Wildman–Crippen LogP) is 2.02. The minimum atomic E-state index is -0.196. The summed E-state index contributed by atoms with van der Waals surface area (Å²) in [5, 5.41) is 7.16. The number of nitrogens with one attached hydrogen (secondary N) is 1. The molecule has 2 aromatic heterocycles. The highest BCUT2D eigenvalue weighted by Gasteiger charge is 2.19. The third kappa shape index (κ3) is 4.55. The Bertz CT molecular complexity index is 1100. The maximum Gasteiger partial charge on any atom is 0.251 e. The molecule has 30 heavy (non-hydrogen) atoms. The molecule has 0 atom stereocenters. The molecule has 0 aliphatic carbocycles. The normalized spacial score (nSPS) is 13.1. The number of likely N-dealkylation sites (tertiary alicyclic amines) is 1. The van der Waals surface area contributed by atoms with Gasteiger partial charge in [0.25, 0.3) is 5.91 Å². The van der Waals surface area contributed by atoms with E-state index in [0.29, 0.717) is 30.6 Å². The van der Waals surface area contributed by atoms with Crippen molar-refractivity contribution < 1.29 is 9.59 Å². The van der Waals surface area contributed by atoms with Crippen molar-refractivity contribution in [2.75, 3.05) is 19.6 Å². The van der Waals surface area contributed by atoms with E-state index in [1.54, 1.807) is 40.3 Å². The number of pyridine rings is 1. The lowest BCUT2D eigenvalue weighted by Gasteiger charge is -2.15. The monoisotopic (exact) mass is 399 g/mol. The third-order valence-electron chi connectivity index (χ3n) is 4.85. The fraction of sp³-hybridized carbons (Fsp3) is 0.217. The van der Waals surface area contributed by atoms with Crippen LogP contribution in [0.2, 0.25) is 0 Å². The molecule has 0 saturated carbocycles. The number of amides is 2. The van der Waals surface area contributed by atoms with Gasteiger partial charge in [0.15, 0.2) is 0 Å². The minimum absolute atomic E-state index is 0.154. The van der Waals surface area contributed by atoms with E-state index in [1.165, 1.54) is 0 Å². The summed E-state index contributed by atoms with van der Waals surface area (Å²) >= 11 is 0. The van der Waals surface area contributed by atoms with Crippen LogP contribution in [0, 0.1) is 11.8 Å². The predicted molar refractivity (Wildman–Crippen MR) is 112 cm³/mol. The summed E-state index contributed by atoms with van der Waals surface area (Å²) in [6.07, 6.45) is 8.40. The molecule has 0 radical (unpaired) electrons. The van der Waals surface area contributed by atoms with Crippen LogP contribution in [0.4, 0.5) is 0 Å². The molecule has 1 fully saturated rings. The molecule has 1 aromatic carbocycles. The van der Waals surface area contributed by atoms with Crippen LogP contribution in [-0.2, 0) is 4.79 Å². The highest BCUT2D eigenvalue weighted by atomic mass is 16.2. The van der Waals surface area contributed by atoms with Crippen LogP contribution >= 0.6 is 0 Å². The van der Waals surface area contributed by atoms with E-state index in [-0.39, 0.29) is 11.8 Å². The van der Waals surface area contributed by atoms with E-state index < -0.39 is 0 Å². The lowest BCUT2D eigenvalue weighted by Crippen LogP contribution is -2.35. The van der Waals surface area contributed by atoms with Gasteiger partial charge in [-0.1, -0.05) is 11.8 Å². The third-order valence-corrected chi connectivity index (χ3v) is 4.85. The van der Waals surface area contributed by atoms with Crippen LogP contribution < -0.4 is 5.32 Å². The molecule has 1 N–H and O–H groups in total. The van der Waals surface area contributed by atoms with Gasteiger partial charge in [-0.15, -0.1) is 0 Å². The molecular weight excluding hydrogens is 378 g/mol. The molecule has 7 heteroatoms. The smallest absolute Gasteiger partial charge is 0.251 e. The molecule has 1 saturated heterocycles. The van der Waals surface area contributed by atoms with Gasteiger partial charge < -0.3 is 10.2 Å². The van der Waals surface area contributed by atoms with Gasteiger partial charge in [0, 0.05) is 62.0 Å². The van der Waals surface area contributed by atoms with E-state index in [4.69, 9.17) is 0 Å². The highest BCUT2D eigenvalue weighted by Crippen LogP contribution is 2.16. The van der Waals surface area contributed by atoms with E-state index in [9.17, 15) is 9.59 Å². The molecule has 150 valence electrons. The molecule has 1 aliphatic heterocycles. The number of carbonyl (C=O) groups is 2. The first-order chi connectivity index (χ1) is 14.7. The summed E-state index contributed by atoms with van der Waals surface area (Å²) in [6.45, 7) is 1.72. The molecule has 2 amide bonds. The number of aromatic nitrogens is 3. The molecule has 3 aromatic rings. The van der Waals surface area contributed by atoms with Gasteiger partial charge in [0.05, 0.1) is 11.3 Å². The van der Waals surface area contributed by atoms with Crippen molar-refractivity contribution >= 4 is 11.8 Å². The molecule has 1 aliphatic rings. The standard InChI is InChI=1S/C23H21N5O2/c29-22-5-2-13-27(22)15-12-25-23(30)20-8-9-21(28-14-3-11-26-28)19(16-20)7-6-18-4-1-10-24-17-18/h1,3-4,8-11,14,16-17H,2,5,12-13,15H2,(H,25,30). The number of rotatable bonds is 5. The quantitative estimate of drug-likeness (QED) is 0.666. The minimum Gasteiger partial charge on any atom is -0.350 e. The van der Waals surface area contributed by atoms with Gasteiger partial charge in [-0.3, -0.25) is 14.6 Å². The second-order valence-corrected chi connectivity index (χ2v) is 6.91. The Kier molecular flexibility index (Phi) is 5.85. The average molecular weight is 399 g/mol. The molecule has 3 heterocycles. The Morgan fingerprint density at radius 2 is 2.10 bits per heavy atom. The Balaban J connectivity index is 1.53. The van der Waals surface area contributed by atoms with Crippen molar-refractivity contribution in [2.45, 2.75) is 12.8 Å². The van der Waals surface area contributed by atoms with Crippen molar-refractivity contribution in [3.63, 3.8) is 0 Å². The summed E-state index contributed by atoms with van der Waals surface area (Å²) in [7, 11) is 0. The first kappa shape index (κ1) is 19.4. The van der Waals surface area contributed by atoms with Gasteiger partial charge in [0.1, 0.15) is 0 Å². The van der Waals surface area contributed by atoms with Crippen molar-refractivity contribution in [1.29, 1.82) is 0 Å². The Labute approximate surface area is 174 Å². The summed E-state index contributed by atoms with van der Waals surface area (Å²) < 4.78 is 1.72. The van der Waals surface area contributed by atoms with Gasteiger partial charge in [0.2, 0.25) is 5.91 Å². The highest BCUT2D eigenvalue weighted by molar-refractivity contribution is 5.95. The van der Waals surface area contributed by atoms with Crippen LogP contribution in [-0.4, -0.2) is 51.1 Å². The van der Waals surface area contributed by atoms with Crippen molar-refractivity contribution in [3.05, 3.63) is 77.9 Å². The van der Waals surface area contributed by atoms with Crippen molar-refractivity contribution in [1.82, 2.24) is 25.0 Å². The van der Waals surface area contributed by atoms with Gasteiger partial charge in [-0.2, -0.15) is 5.10 Å². The van der Waals surface area contributed by atoms with Gasteiger partial charge in [-0.25, -0.2) is 4.68 Å². The van der Waals surface area contributed by atoms with Gasteiger partial charge in [-0.05, 0) is 42.8 Å². The maximum absolute atomic E-state index is 12.6. The second-order valence-electron chi connectivity index (χ2n) is 6.91. The average Bonchev–Trinajstić information content (AvgIpc) is 3.45. The molecule has 4 rings (SSSR count). The lowest BCUT2D eigenvalue weighted by molar-refractivity contribution is -0.127. The lowest BCUT2D eigenvalue weighted by atomic mass is 10.1. The maximum atomic E-state index is 12.6. The Morgan fingerprint density at radius 3 is 2.83 bits per heavy atom. The molecule has 0 spiro atoms. The number of hydrogen-bond donors (Lipinski definition) is 1. The van der Waals surface area contributed by atoms with Crippen molar-refractivity contribution in [2.24, 2.45) is 0 Å². The zero-order valence-electron chi connectivity index (χ0n) is 16.4. The van der Waals surface area contributed by atoms with Crippen molar-refractivity contribution in [3.8, 4) is 17.5 Å². The van der Waals surface area contributed by atoms with E-state index >= 15 is 0 Å². The van der Waals surface area contributed by atoms with E-state index in [1.807, 2.05) is 30.5 Å². The Hall–Kier alpha value is -3.92. The summed E-state index contributed by atoms with van der Waals surface area (Å²) in [6, 6.07) is 10.9. The number of nitrogens with zero attached hydrogens (tertiary/aromatic N) is 4. The molecule has 0 unspecified atom stereocenters. The molecule has 7 nitrogen and oxygen atoms in total. The van der Waals surface area contributed by atoms with E-state index in [2.05, 4.69) is 27.2 Å². The summed E-state index contributed by atoms with van der Waals surface area (Å²) in [5.74, 6) is 6.18. The zero-order chi connectivity index (χ0) is 20.8. The van der Waals surface area contributed by atoms with Crippen LogP contribution in [0.5, 0.6) is 0 Å². The summed E-state index contributed by atoms with van der Waals surface area (Å²) in [5.41, 5.74) is 2.77. The SMILES string of the molecule is O=C(NCCN1CCCC1=O)c1ccc(-n2cccn2)c(C#Cc2cccnc2)c1. The zero-order valence-corrected chi connectivity index (χ0v) is 16.4. The number of hydrogen-bond acceptors (Lipinski definition) is 4. The number of carbonyl (C=O) groups excluding carboxylic acids is 2. The Morgan fingerprint density at radius 1 is 1.17 bits per heavy atom. The largest absolute Gasteiger partial charge is 0.350 e. The van der Waals surface area contributed by atoms with Crippen LogP contribution in [0.25, 0.3) is 5.69 Å². The van der Waals surface area contributed by atoms with E-state index in [0.717, 1.165) is 24.2 Å².